The lowest BCUT2D eigenvalue weighted by Crippen LogP contribution is -2.28. The lowest BCUT2D eigenvalue weighted by Gasteiger charge is -2.19. The zero-order valence-corrected chi connectivity index (χ0v) is 8.09. The van der Waals surface area contributed by atoms with Crippen molar-refractivity contribution in [2.24, 2.45) is 0 Å². The van der Waals surface area contributed by atoms with Gasteiger partial charge in [0, 0.05) is 0 Å². The van der Waals surface area contributed by atoms with Crippen molar-refractivity contribution in [3.05, 3.63) is 35.9 Å². The van der Waals surface area contributed by atoms with E-state index in [2.05, 4.69) is 6.07 Å². The van der Waals surface area contributed by atoms with E-state index in [0.717, 1.165) is 5.56 Å². The van der Waals surface area contributed by atoms with Gasteiger partial charge >= 0.3 is 6.09 Å². The van der Waals surface area contributed by atoms with E-state index in [4.69, 9.17) is 10.00 Å². The van der Waals surface area contributed by atoms with Crippen LogP contribution in [0.3, 0.4) is 0 Å². The normalized spacial score (nSPS) is 17.0. The molecular formula is C11H10N2O2. The number of nitriles is 1. The highest BCUT2D eigenvalue weighted by molar-refractivity contribution is 5.70. The average Bonchev–Trinajstić information content (AvgIpc) is 2.68. The largest absolute Gasteiger partial charge is 0.447 e. The first kappa shape index (κ1) is 9.53. The number of hydrogen-bond donors (Lipinski definition) is 0. The van der Waals surface area contributed by atoms with Gasteiger partial charge in [0.25, 0.3) is 0 Å². The van der Waals surface area contributed by atoms with Gasteiger partial charge in [-0.15, -0.1) is 0 Å². The quantitative estimate of drug-likeness (QED) is 0.733. The van der Waals surface area contributed by atoms with Gasteiger partial charge in [0.15, 0.2) is 0 Å². The predicted octanol–water partition coefficient (Wildman–Crippen LogP) is 1.70. The van der Waals surface area contributed by atoms with Gasteiger partial charge in [-0.25, -0.2) is 4.79 Å². The summed E-state index contributed by atoms with van der Waals surface area (Å²) in [4.78, 5) is 12.7. The van der Waals surface area contributed by atoms with Crippen molar-refractivity contribution in [2.45, 2.75) is 6.04 Å². The Morgan fingerprint density at radius 1 is 1.40 bits per heavy atom. The van der Waals surface area contributed by atoms with E-state index in [1.807, 2.05) is 30.3 Å². The molecule has 0 N–H and O–H groups in total. The first-order valence-corrected chi connectivity index (χ1v) is 4.71. The first-order chi connectivity index (χ1) is 7.33. The maximum Gasteiger partial charge on any atom is 0.411 e. The highest BCUT2D eigenvalue weighted by atomic mass is 16.6. The standard InChI is InChI=1S/C11H10N2O2/c12-8-10(9-4-2-1-3-5-9)13-6-7-15-11(13)14/h1-5,10H,6-7H2. The van der Waals surface area contributed by atoms with Gasteiger partial charge in [-0.1, -0.05) is 30.3 Å². The summed E-state index contributed by atoms with van der Waals surface area (Å²) in [7, 11) is 0. The Morgan fingerprint density at radius 2 is 2.13 bits per heavy atom. The number of carbonyl (C=O) groups excluding carboxylic acids is 1. The molecule has 0 saturated carbocycles. The van der Waals surface area contributed by atoms with E-state index >= 15 is 0 Å². The number of benzene rings is 1. The van der Waals surface area contributed by atoms with Crippen molar-refractivity contribution < 1.29 is 9.53 Å². The van der Waals surface area contributed by atoms with E-state index in [9.17, 15) is 4.79 Å². The summed E-state index contributed by atoms with van der Waals surface area (Å²) in [6.07, 6.45) is -0.412. The number of cyclic esters (lactones) is 1. The van der Waals surface area contributed by atoms with Crippen molar-refractivity contribution in [1.29, 1.82) is 5.26 Å². The molecule has 1 fully saturated rings. The molecular weight excluding hydrogens is 192 g/mol. The summed E-state index contributed by atoms with van der Waals surface area (Å²) in [5.41, 5.74) is 0.818. The SMILES string of the molecule is N#CC(c1ccccc1)N1CCOC1=O. The van der Waals surface area contributed by atoms with Crippen LogP contribution in [0.4, 0.5) is 4.79 Å². The van der Waals surface area contributed by atoms with Crippen molar-refractivity contribution in [1.82, 2.24) is 4.90 Å². The zero-order chi connectivity index (χ0) is 10.7. The number of hydrogen-bond acceptors (Lipinski definition) is 3. The monoisotopic (exact) mass is 202 g/mol. The minimum atomic E-state index is -0.541. The van der Waals surface area contributed by atoms with Crippen LogP contribution in [0.5, 0.6) is 0 Å². The number of carbonyl (C=O) groups is 1. The van der Waals surface area contributed by atoms with Gasteiger partial charge in [0.1, 0.15) is 12.6 Å². The van der Waals surface area contributed by atoms with Gasteiger partial charge < -0.3 is 4.74 Å². The fourth-order valence-corrected chi connectivity index (χ4v) is 1.60. The molecule has 1 saturated heterocycles. The van der Waals surface area contributed by atoms with Gasteiger partial charge in [-0.3, -0.25) is 4.90 Å². The molecule has 76 valence electrons. The summed E-state index contributed by atoms with van der Waals surface area (Å²) in [6.45, 7) is 0.843. The molecule has 15 heavy (non-hydrogen) atoms. The predicted molar refractivity (Wildman–Crippen MR) is 52.9 cm³/mol. The third kappa shape index (κ3) is 1.77. The molecule has 0 bridgehead atoms. The summed E-state index contributed by atoms with van der Waals surface area (Å²) in [5.74, 6) is 0. The van der Waals surface area contributed by atoms with E-state index in [-0.39, 0.29) is 0 Å². The third-order valence-corrected chi connectivity index (χ3v) is 2.34. The second kappa shape index (κ2) is 4.01. The second-order valence-electron chi connectivity index (χ2n) is 3.25. The molecule has 0 radical (unpaired) electrons. The average molecular weight is 202 g/mol. The van der Waals surface area contributed by atoms with Gasteiger partial charge in [0.2, 0.25) is 0 Å². The molecule has 4 heteroatoms. The van der Waals surface area contributed by atoms with Gasteiger partial charge in [-0.05, 0) is 5.56 Å². The van der Waals surface area contributed by atoms with Crippen LogP contribution in [-0.2, 0) is 4.74 Å². The molecule has 0 spiro atoms. The lowest BCUT2D eigenvalue weighted by atomic mass is 10.1. The summed E-state index contributed by atoms with van der Waals surface area (Å²) < 4.78 is 4.81. The van der Waals surface area contributed by atoms with E-state index in [1.165, 1.54) is 4.90 Å². The molecule has 1 aromatic carbocycles. The Kier molecular flexibility index (Phi) is 2.55. The van der Waals surface area contributed by atoms with Crippen LogP contribution in [0.2, 0.25) is 0 Å². The maximum absolute atomic E-state index is 11.3. The highest BCUT2D eigenvalue weighted by Gasteiger charge is 2.30. The molecule has 1 aromatic rings. The van der Waals surface area contributed by atoms with Crippen molar-refractivity contribution in [3.63, 3.8) is 0 Å². The van der Waals surface area contributed by atoms with Crippen molar-refractivity contribution in [3.8, 4) is 6.07 Å². The number of nitrogens with zero attached hydrogens (tertiary/aromatic N) is 2. The summed E-state index contributed by atoms with van der Waals surface area (Å²) >= 11 is 0. The van der Waals surface area contributed by atoms with E-state index in [1.54, 1.807) is 0 Å². The minimum Gasteiger partial charge on any atom is -0.447 e. The fourth-order valence-electron chi connectivity index (χ4n) is 1.60. The van der Waals surface area contributed by atoms with Crippen LogP contribution in [0.15, 0.2) is 30.3 Å². The highest BCUT2D eigenvalue weighted by Crippen LogP contribution is 2.22. The number of rotatable bonds is 2. The van der Waals surface area contributed by atoms with Crippen LogP contribution in [0.25, 0.3) is 0 Å². The zero-order valence-electron chi connectivity index (χ0n) is 8.09. The molecule has 1 amide bonds. The van der Waals surface area contributed by atoms with Crippen molar-refractivity contribution in [2.75, 3.05) is 13.2 Å². The van der Waals surface area contributed by atoms with Crippen LogP contribution < -0.4 is 0 Å². The molecule has 2 rings (SSSR count). The molecule has 1 aliphatic rings. The Bertz CT molecular complexity index is 397. The molecule has 0 aromatic heterocycles. The van der Waals surface area contributed by atoms with Crippen LogP contribution in [0, 0.1) is 11.3 Å². The minimum absolute atomic E-state index is 0.365. The van der Waals surface area contributed by atoms with Crippen molar-refractivity contribution >= 4 is 6.09 Å². The Labute approximate surface area is 87.7 Å². The first-order valence-electron chi connectivity index (χ1n) is 4.71. The third-order valence-electron chi connectivity index (χ3n) is 2.34. The Hall–Kier alpha value is -2.02. The maximum atomic E-state index is 11.3. The van der Waals surface area contributed by atoms with E-state index in [0.29, 0.717) is 13.2 Å². The van der Waals surface area contributed by atoms with Crippen LogP contribution in [-0.4, -0.2) is 24.1 Å². The molecule has 1 atom stereocenters. The second-order valence-corrected chi connectivity index (χ2v) is 3.25. The fraction of sp³-hybridized carbons (Fsp3) is 0.273. The Morgan fingerprint density at radius 3 is 2.67 bits per heavy atom. The number of amides is 1. The topological polar surface area (TPSA) is 53.3 Å². The van der Waals surface area contributed by atoms with E-state index < -0.39 is 12.1 Å². The molecule has 1 heterocycles. The molecule has 4 nitrogen and oxygen atoms in total. The Balaban J connectivity index is 2.26. The van der Waals surface area contributed by atoms with Gasteiger partial charge in [-0.2, -0.15) is 5.26 Å². The summed E-state index contributed by atoms with van der Waals surface area (Å²) in [5, 5.41) is 9.06. The van der Waals surface area contributed by atoms with Crippen LogP contribution >= 0.6 is 0 Å². The van der Waals surface area contributed by atoms with Gasteiger partial charge in [0.05, 0.1) is 12.6 Å². The van der Waals surface area contributed by atoms with Crippen LogP contribution in [0.1, 0.15) is 11.6 Å². The number of ether oxygens (including phenoxy) is 1. The summed E-state index contributed by atoms with van der Waals surface area (Å²) in [6, 6.07) is 10.8. The smallest absolute Gasteiger partial charge is 0.411 e. The molecule has 0 aliphatic carbocycles. The molecule has 1 unspecified atom stereocenters. The molecule has 1 aliphatic heterocycles. The lowest BCUT2D eigenvalue weighted by molar-refractivity contribution is 0.153.